The quantitative estimate of drug-likeness (QED) is 0.795. The van der Waals surface area contributed by atoms with E-state index in [0.717, 1.165) is 38.1 Å². The monoisotopic (exact) mass is 275 g/mol. The van der Waals surface area contributed by atoms with Crippen LogP contribution in [0.3, 0.4) is 0 Å². The molecule has 0 aromatic heterocycles. The fourth-order valence-electron chi connectivity index (χ4n) is 3.45. The maximum atomic E-state index is 11.8. The van der Waals surface area contributed by atoms with Crippen molar-refractivity contribution in [2.45, 2.75) is 45.6 Å². The van der Waals surface area contributed by atoms with Gasteiger partial charge >= 0.3 is 0 Å². The molecule has 4 nitrogen and oxygen atoms in total. The molecule has 5 heteroatoms. The van der Waals surface area contributed by atoms with Crippen molar-refractivity contribution in [3.8, 4) is 0 Å². The van der Waals surface area contributed by atoms with Crippen molar-refractivity contribution >= 4 is 10.0 Å². The van der Waals surface area contributed by atoms with E-state index in [4.69, 9.17) is 0 Å². The van der Waals surface area contributed by atoms with Crippen LogP contribution in [0.2, 0.25) is 0 Å². The molecule has 1 saturated heterocycles. The van der Waals surface area contributed by atoms with Crippen molar-refractivity contribution in [1.82, 2.24) is 4.31 Å². The van der Waals surface area contributed by atoms with Gasteiger partial charge < -0.3 is 4.90 Å². The third kappa shape index (κ3) is 3.25. The number of sulfonamides is 1. The first kappa shape index (κ1) is 14.3. The van der Waals surface area contributed by atoms with Crippen LogP contribution in [0, 0.1) is 5.92 Å². The minimum absolute atomic E-state index is 0.239. The molecule has 2 fully saturated rings. The molecule has 0 aromatic rings. The van der Waals surface area contributed by atoms with Gasteiger partial charge in [-0.3, -0.25) is 0 Å². The summed E-state index contributed by atoms with van der Waals surface area (Å²) in [7, 11) is -2.97. The van der Waals surface area contributed by atoms with Crippen LogP contribution in [-0.4, -0.2) is 50.7 Å². The normalized spacial score (nSPS) is 32.6. The van der Waals surface area contributed by atoms with Gasteiger partial charge in [0.15, 0.2) is 0 Å². The highest BCUT2D eigenvalue weighted by Crippen LogP contribution is 2.22. The number of piperazine rings is 1. The van der Waals surface area contributed by atoms with E-state index in [1.807, 2.05) is 0 Å². The van der Waals surface area contributed by atoms with E-state index in [9.17, 15) is 8.42 Å². The maximum absolute atomic E-state index is 11.8. The van der Waals surface area contributed by atoms with Gasteiger partial charge in [-0.15, -0.1) is 0 Å². The van der Waals surface area contributed by atoms with E-state index < -0.39 is 10.0 Å². The van der Waals surface area contributed by atoms with Gasteiger partial charge in [-0.25, -0.2) is 8.42 Å². The second kappa shape index (κ2) is 5.88. The molecule has 0 radical (unpaired) electrons. The summed E-state index contributed by atoms with van der Waals surface area (Å²) in [4.78, 5) is 1.64. The molecule has 1 aliphatic heterocycles. The van der Waals surface area contributed by atoms with Crippen molar-refractivity contribution in [1.29, 1.82) is 0 Å². The van der Waals surface area contributed by atoms with Crippen LogP contribution >= 0.6 is 0 Å². The molecular formula is C13H27N2O2S+. The van der Waals surface area contributed by atoms with Gasteiger partial charge in [0, 0.05) is 6.42 Å². The average molecular weight is 275 g/mol. The fraction of sp³-hybridized carbons (Fsp3) is 1.00. The number of nitrogens with one attached hydrogen (secondary N) is 1. The fourth-order valence-corrected chi connectivity index (χ4v) is 4.55. The van der Waals surface area contributed by atoms with Crippen LogP contribution < -0.4 is 4.90 Å². The molecular weight excluding hydrogens is 248 g/mol. The molecule has 1 saturated carbocycles. The maximum Gasteiger partial charge on any atom is 0.214 e. The summed E-state index contributed by atoms with van der Waals surface area (Å²) in [5, 5.41) is 0. The predicted octanol–water partition coefficient (Wildman–Crippen LogP) is 0.115. The van der Waals surface area contributed by atoms with Crippen LogP contribution in [0.25, 0.3) is 0 Å². The predicted molar refractivity (Wildman–Crippen MR) is 73.2 cm³/mol. The Kier molecular flexibility index (Phi) is 4.67. The summed E-state index contributed by atoms with van der Waals surface area (Å²) < 4.78 is 25.3. The SMILES string of the molecule is CCS(=O)(=O)N1CC[NH+](C2CCCC(C)C2)CC1. The van der Waals surface area contributed by atoms with Gasteiger partial charge in [0.1, 0.15) is 0 Å². The van der Waals surface area contributed by atoms with Crippen molar-refractivity contribution in [3.63, 3.8) is 0 Å². The van der Waals surface area contributed by atoms with E-state index in [0.29, 0.717) is 0 Å². The molecule has 2 unspecified atom stereocenters. The Morgan fingerprint density at radius 3 is 2.44 bits per heavy atom. The average Bonchev–Trinajstić information content (AvgIpc) is 2.39. The molecule has 1 N–H and O–H groups in total. The zero-order valence-corrected chi connectivity index (χ0v) is 12.5. The molecule has 0 aromatic carbocycles. The lowest BCUT2D eigenvalue weighted by Crippen LogP contribution is -3.18. The zero-order valence-electron chi connectivity index (χ0n) is 11.7. The Labute approximate surface area is 111 Å². The second-order valence-electron chi connectivity index (χ2n) is 5.93. The Morgan fingerprint density at radius 2 is 1.89 bits per heavy atom. The third-order valence-corrected chi connectivity index (χ3v) is 6.52. The molecule has 0 amide bonds. The van der Waals surface area contributed by atoms with Crippen molar-refractivity contribution < 1.29 is 13.3 Å². The van der Waals surface area contributed by atoms with Gasteiger partial charge in [0.05, 0.1) is 38.0 Å². The van der Waals surface area contributed by atoms with Crippen molar-refractivity contribution in [3.05, 3.63) is 0 Å². The standard InChI is InChI=1S/C13H26N2O2S/c1-3-18(16,17)15-9-7-14(8-10-15)13-6-4-5-12(2)11-13/h12-13H,3-11H2,1-2H3/p+1. The molecule has 1 heterocycles. The molecule has 18 heavy (non-hydrogen) atoms. The molecule has 0 spiro atoms. The molecule has 106 valence electrons. The Hall–Kier alpha value is -0.130. The Bertz CT molecular complexity index is 361. The topological polar surface area (TPSA) is 41.8 Å². The number of hydrogen-bond acceptors (Lipinski definition) is 2. The second-order valence-corrected chi connectivity index (χ2v) is 8.18. The third-order valence-electron chi connectivity index (χ3n) is 4.64. The summed E-state index contributed by atoms with van der Waals surface area (Å²) in [6.07, 6.45) is 5.39. The van der Waals surface area contributed by atoms with E-state index in [-0.39, 0.29) is 5.75 Å². The largest absolute Gasteiger partial charge is 0.330 e. The van der Waals surface area contributed by atoms with E-state index in [1.165, 1.54) is 25.7 Å². The minimum atomic E-state index is -2.97. The molecule has 2 rings (SSSR count). The molecule has 1 aliphatic carbocycles. The summed E-state index contributed by atoms with van der Waals surface area (Å²) in [5.74, 6) is 1.09. The molecule has 0 bridgehead atoms. The van der Waals surface area contributed by atoms with Crippen LogP contribution in [0.4, 0.5) is 0 Å². The van der Waals surface area contributed by atoms with Crippen LogP contribution in [0.1, 0.15) is 39.5 Å². The van der Waals surface area contributed by atoms with Crippen LogP contribution in [0.15, 0.2) is 0 Å². The molecule has 2 atom stereocenters. The van der Waals surface area contributed by atoms with Gasteiger partial charge in [0.2, 0.25) is 10.0 Å². The first-order valence-corrected chi connectivity index (χ1v) is 8.96. The first-order chi connectivity index (χ1) is 8.53. The highest BCUT2D eigenvalue weighted by Gasteiger charge is 2.33. The lowest BCUT2D eigenvalue weighted by atomic mass is 9.86. The highest BCUT2D eigenvalue weighted by atomic mass is 32.2. The number of nitrogens with zero attached hydrogens (tertiary/aromatic N) is 1. The van der Waals surface area contributed by atoms with Gasteiger partial charge in [-0.05, 0) is 25.7 Å². The summed E-state index contributed by atoms with van der Waals surface area (Å²) in [5.41, 5.74) is 0. The lowest BCUT2D eigenvalue weighted by molar-refractivity contribution is -0.930. The van der Waals surface area contributed by atoms with E-state index in [2.05, 4.69) is 6.92 Å². The van der Waals surface area contributed by atoms with Crippen molar-refractivity contribution in [2.75, 3.05) is 31.9 Å². The Morgan fingerprint density at radius 1 is 1.22 bits per heavy atom. The minimum Gasteiger partial charge on any atom is -0.330 e. The highest BCUT2D eigenvalue weighted by molar-refractivity contribution is 7.89. The van der Waals surface area contributed by atoms with Crippen LogP contribution in [-0.2, 0) is 10.0 Å². The van der Waals surface area contributed by atoms with E-state index >= 15 is 0 Å². The first-order valence-electron chi connectivity index (χ1n) is 7.35. The van der Waals surface area contributed by atoms with Crippen LogP contribution in [0.5, 0.6) is 0 Å². The number of quaternary nitrogens is 1. The summed E-state index contributed by atoms with van der Waals surface area (Å²) >= 11 is 0. The van der Waals surface area contributed by atoms with Gasteiger partial charge in [-0.1, -0.05) is 13.3 Å². The van der Waals surface area contributed by atoms with Gasteiger partial charge in [-0.2, -0.15) is 4.31 Å². The van der Waals surface area contributed by atoms with E-state index in [1.54, 1.807) is 16.1 Å². The molecule has 2 aliphatic rings. The summed E-state index contributed by atoms with van der Waals surface area (Å²) in [6.45, 7) is 7.51. The lowest BCUT2D eigenvalue weighted by Gasteiger charge is -2.38. The number of hydrogen-bond donors (Lipinski definition) is 1. The number of rotatable bonds is 3. The van der Waals surface area contributed by atoms with Crippen molar-refractivity contribution in [2.24, 2.45) is 5.92 Å². The summed E-state index contributed by atoms with van der Waals surface area (Å²) in [6, 6.07) is 0.778. The zero-order chi connectivity index (χ0) is 13.2. The smallest absolute Gasteiger partial charge is 0.214 e. The Balaban J connectivity index is 1.86. The van der Waals surface area contributed by atoms with Gasteiger partial charge in [0.25, 0.3) is 0 Å².